The summed E-state index contributed by atoms with van der Waals surface area (Å²) in [5.74, 6) is -0.438. The molecular formula is C26H29N5O4S. The van der Waals surface area contributed by atoms with Gasteiger partial charge in [-0.05, 0) is 62.2 Å². The molecule has 1 N–H and O–H groups in total. The minimum absolute atomic E-state index is 0.00263. The summed E-state index contributed by atoms with van der Waals surface area (Å²) in [4.78, 5) is 23.7. The van der Waals surface area contributed by atoms with Crippen molar-refractivity contribution in [1.29, 1.82) is 0 Å². The van der Waals surface area contributed by atoms with E-state index in [2.05, 4.69) is 19.8 Å². The van der Waals surface area contributed by atoms with Gasteiger partial charge in [0.2, 0.25) is 10.0 Å². The van der Waals surface area contributed by atoms with Gasteiger partial charge in [0, 0.05) is 50.3 Å². The number of nitrogens with one attached hydrogen (secondary N) is 1. The number of rotatable bonds is 6. The number of para-hydroxylation sites is 1. The minimum Gasteiger partial charge on any atom is -0.406 e. The lowest BCUT2D eigenvalue weighted by Crippen LogP contribution is -2.47. The monoisotopic (exact) mass is 507 g/mol. The summed E-state index contributed by atoms with van der Waals surface area (Å²) >= 11 is 0. The molecule has 0 radical (unpaired) electrons. The van der Waals surface area contributed by atoms with E-state index in [1.807, 2.05) is 30.3 Å². The Bertz CT molecular complexity index is 1550. The summed E-state index contributed by atoms with van der Waals surface area (Å²) in [6.07, 6.45) is 4.26. The summed E-state index contributed by atoms with van der Waals surface area (Å²) in [5.41, 5.74) is 2.95. The van der Waals surface area contributed by atoms with E-state index in [0.717, 1.165) is 57.7 Å². The molecule has 1 atom stereocenters. The summed E-state index contributed by atoms with van der Waals surface area (Å²) in [7, 11) is -3.60. The number of pyridine rings is 1. The van der Waals surface area contributed by atoms with E-state index in [-0.39, 0.29) is 6.04 Å². The summed E-state index contributed by atoms with van der Waals surface area (Å²) in [6.45, 7) is 4.81. The van der Waals surface area contributed by atoms with Gasteiger partial charge in [0.1, 0.15) is 0 Å². The second kappa shape index (κ2) is 9.34. The molecule has 9 nitrogen and oxygen atoms in total. The van der Waals surface area contributed by atoms with Gasteiger partial charge in [0.15, 0.2) is 5.58 Å². The van der Waals surface area contributed by atoms with Crippen molar-refractivity contribution in [3.05, 3.63) is 65.3 Å². The highest BCUT2D eigenvalue weighted by molar-refractivity contribution is 7.89. The first-order valence-corrected chi connectivity index (χ1v) is 13.9. The number of oxazole rings is 1. The van der Waals surface area contributed by atoms with Crippen molar-refractivity contribution in [2.24, 2.45) is 0 Å². The lowest BCUT2D eigenvalue weighted by molar-refractivity contribution is 0.232. The summed E-state index contributed by atoms with van der Waals surface area (Å²) in [6, 6.07) is 14.7. The van der Waals surface area contributed by atoms with Crippen molar-refractivity contribution >= 4 is 37.7 Å². The van der Waals surface area contributed by atoms with Crippen LogP contribution in [0.2, 0.25) is 0 Å². The largest absolute Gasteiger partial charge is 0.417 e. The molecule has 0 saturated carbocycles. The molecule has 0 aliphatic carbocycles. The van der Waals surface area contributed by atoms with E-state index in [1.54, 1.807) is 28.7 Å². The Morgan fingerprint density at radius 1 is 1.00 bits per heavy atom. The van der Waals surface area contributed by atoms with E-state index in [1.165, 1.54) is 0 Å². The van der Waals surface area contributed by atoms with Crippen molar-refractivity contribution < 1.29 is 12.8 Å². The third-order valence-corrected chi connectivity index (χ3v) is 9.44. The Labute approximate surface area is 209 Å². The van der Waals surface area contributed by atoms with E-state index in [9.17, 15) is 13.2 Å². The zero-order valence-electron chi connectivity index (χ0n) is 20.0. The Balaban J connectivity index is 1.11. The first kappa shape index (κ1) is 23.2. The standard InChI is InChI=1S/C26H29N5O4S/c32-26-28-22-8-1-9-23(25(22)35-26)30-17-15-29(16-18-30)14-11-19-5-4-13-31(19)36(33,34)24-10-2-7-21-20(24)6-3-12-27-21/h1-3,6-10,12,19H,4-5,11,13-18H2,(H,28,32). The van der Waals surface area contributed by atoms with Crippen molar-refractivity contribution in [3.63, 3.8) is 0 Å². The average Bonchev–Trinajstić information content (AvgIpc) is 3.53. The van der Waals surface area contributed by atoms with Crippen LogP contribution in [0.1, 0.15) is 19.3 Å². The predicted octanol–water partition coefficient (Wildman–Crippen LogP) is 3.03. The number of hydrogen-bond donors (Lipinski definition) is 1. The fourth-order valence-electron chi connectivity index (χ4n) is 5.59. The molecule has 36 heavy (non-hydrogen) atoms. The van der Waals surface area contributed by atoms with Gasteiger partial charge in [0.25, 0.3) is 0 Å². The van der Waals surface area contributed by atoms with Gasteiger partial charge in [-0.3, -0.25) is 14.9 Å². The molecule has 1 unspecified atom stereocenters. The van der Waals surface area contributed by atoms with Crippen LogP contribution in [0.3, 0.4) is 0 Å². The van der Waals surface area contributed by atoms with E-state index in [0.29, 0.717) is 33.4 Å². The van der Waals surface area contributed by atoms with Crippen LogP contribution in [0, 0.1) is 0 Å². The highest BCUT2D eigenvalue weighted by Crippen LogP contribution is 2.32. The molecule has 0 amide bonds. The molecule has 4 aromatic rings. The molecule has 0 spiro atoms. The van der Waals surface area contributed by atoms with Crippen LogP contribution < -0.4 is 10.7 Å². The molecule has 2 aromatic heterocycles. The van der Waals surface area contributed by atoms with E-state index >= 15 is 0 Å². The molecule has 2 aromatic carbocycles. The number of benzene rings is 2. The van der Waals surface area contributed by atoms with Crippen LogP contribution in [-0.2, 0) is 10.0 Å². The van der Waals surface area contributed by atoms with Gasteiger partial charge in [0.05, 0.1) is 21.6 Å². The number of aromatic nitrogens is 2. The number of H-pyrrole nitrogens is 1. The van der Waals surface area contributed by atoms with Gasteiger partial charge >= 0.3 is 5.76 Å². The minimum atomic E-state index is -3.60. The van der Waals surface area contributed by atoms with Gasteiger partial charge < -0.3 is 9.32 Å². The van der Waals surface area contributed by atoms with E-state index in [4.69, 9.17) is 4.42 Å². The SMILES string of the molecule is O=c1[nH]c2cccc(N3CCN(CCC4CCCN4S(=O)(=O)c4cccc5ncccc45)CC3)c2o1. The Hall–Kier alpha value is -3.21. The van der Waals surface area contributed by atoms with Crippen LogP contribution >= 0.6 is 0 Å². The molecule has 6 rings (SSSR count). The predicted molar refractivity (Wildman–Crippen MR) is 139 cm³/mol. The molecule has 188 valence electrons. The first-order chi connectivity index (χ1) is 17.5. The molecule has 0 bridgehead atoms. The van der Waals surface area contributed by atoms with Crippen molar-refractivity contribution in [1.82, 2.24) is 19.2 Å². The number of hydrogen-bond acceptors (Lipinski definition) is 7. The lowest BCUT2D eigenvalue weighted by atomic mass is 10.1. The first-order valence-electron chi connectivity index (χ1n) is 12.5. The van der Waals surface area contributed by atoms with Crippen LogP contribution in [0.15, 0.2) is 68.8 Å². The molecule has 2 fully saturated rings. The molecule has 10 heteroatoms. The molecule has 2 saturated heterocycles. The maximum absolute atomic E-state index is 13.7. The van der Waals surface area contributed by atoms with Gasteiger partial charge in [-0.25, -0.2) is 13.2 Å². The van der Waals surface area contributed by atoms with Crippen molar-refractivity contribution in [2.75, 3.05) is 44.2 Å². The van der Waals surface area contributed by atoms with Crippen molar-refractivity contribution in [3.8, 4) is 0 Å². The number of piperazine rings is 1. The number of anilines is 1. The van der Waals surface area contributed by atoms with Crippen LogP contribution in [0.4, 0.5) is 5.69 Å². The lowest BCUT2D eigenvalue weighted by Gasteiger charge is -2.36. The second-order valence-electron chi connectivity index (χ2n) is 9.52. The Morgan fingerprint density at radius 3 is 2.69 bits per heavy atom. The highest BCUT2D eigenvalue weighted by Gasteiger charge is 2.36. The third-order valence-electron chi connectivity index (χ3n) is 7.43. The maximum atomic E-state index is 13.7. The van der Waals surface area contributed by atoms with Crippen LogP contribution in [-0.4, -0.2) is 72.9 Å². The average molecular weight is 508 g/mol. The molecule has 2 aliphatic rings. The Morgan fingerprint density at radius 2 is 1.83 bits per heavy atom. The number of aromatic amines is 1. The van der Waals surface area contributed by atoms with Gasteiger partial charge in [-0.1, -0.05) is 12.1 Å². The van der Waals surface area contributed by atoms with Gasteiger partial charge in [-0.15, -0.1) is 0 Å². The second-order valence-corrected chi connectivity index (χ2v) is 11.4. The highest BCUT2D eigenvalue weighted by atomic mass is 32.2. The zero-order valence-corrected chi connectivity index (χ0v) is 20.8. The molecule has 4 heterocycles. The quantitative estimate of drug-likeness (QED) is 0.428. The normalized spacial score (nSPS) is 20.0. The number of fused-ring (bicyclic) bond motifs is 2. The number of nitrogens with zero attached hydrogens (tertiary/aromatic N) is 4. The zero-order chi connectivity index (χ0) is 24.7. The third kappa shape index (κ3) is 4.19. The van der Waals surface area contributed by atoms with Crippen molar-refractivity contribution in [2.45, 2.75) is 30.2 Å². The summed E-state index contributed by atoms with van der Waals surface area (Å²) < 4.78 is 34.4. The van der Waals surface area contributed by atoms with Crippen LogP contribution in [0.25, 0.3) is 22.0 Å². The van der Waals surface area contributed by atoms with E-state index < -0.39 is 15.8 Å². The summed E-state index contributed by atoms with van der Waals surface area (Å²) in [5, 5.41) is 0.676. The smallest absolute Gasteiger partial charge is 0.406 e. The number of sulfonamides is 1. The van der Waals surface area contributed by atoms with Crippen LogP contribution in [0.5, 0.6) is 0 Å². The maximum Gasteiger partial charge on any atom is 0.417 e. The molecule has 2 aliphatic heterocycles. The van der Waals surface area contributed by atoms with Gasteiger partial charge in [-0.2, -0.15) is 4.31 Å². The fourth-order valence-corrected chi connectivity index (χ4v) is 7.52. The Kier molecular flexibility index (Phi) is 6.02. The fraction of sp³-hybridized carbons (Fsp3) is 0.385. The topological polar surface area (TPSA) is 103 Å². The molecular weight excluding hydrogens is 478 g/mol.